The molecule has 0 saturated heterocycles. The summed E-state index contributed by atoms with van der Waals surface area (Å²) in [5, 5.41) is 19.1. The molecule has 1 rings (SSSR count). The van der Waals surface area contributed by atoms with Crippen LogP contribution < -0.4 is 0 Å². The Hall–Kier alpha value is -1.27. The summed E-state index contributed by atoms with van der Waals surface area (Å²) in [6.07, 6.45) is 0. The van der Waals surface area contributed by atoms with Crippen molar-refractivity contribution in [1.82, 2.24) is 0 Å². The molecule has 0 radical (unpaired) electrons. The van der Waals surface area contributed by atoms with Gasteiger partial charge in [0.1, 0.15) is 0 Å². The highest BCUT2D eigenvalue weighted by molar-refractivity contribution is 7.80. The van der Waals surface area contributed by atoms with E-state index in [1.165, 1.54) is 0 Å². The summed E-state index contributed by atoms with van der Waals surface area (Å²) in [5.41, 5.74) is -0.703. The van der Waals surface area contributed by atoms with E-state index in [1.807, 2.05) is 0 Å². The van der Waals surface area contributed by atoms with E-state index in [0.717, 1.165) is 12.1 Å². The van der Waals surface area contributed by atoms with E-state index in [4.69, 9.17) is 16.7 Å². The molecule has 1 aromatic rings. The minimum atomic E-state index is -1.30. The average Bonchev–Trinajstić information content (AvgIpc) is 2.07. The van der Waals surface area contributed by atoms with Crippen LogP contribution in [-0.2, 0) is 0 Å². The van der Waals surface area contributed by atoms with Gasteiger partial charge in [0.25, 0.3) is 5.69 Å². The maximum Gasteiger partial charge on any atom is 0.337 e. The molecule has 0 spiro atoms. The van der Waals surface area contributed by atoms with E-state index < -0.39 is 16.6 Å². The van der Waals surface area contributed by atoms with Crippen molar-refractivity contribution in [2.75, 3.05) is 0 Å². The lowest BCUT2D eigenvalue weighted by molar-refractivity contribution is -0.387. The molecular weight excluding hydrogens is 230 g/mol. The number of carboxylic acids is 1. The molecule has 0 aliphatic carbocycles. The zero-order valence-electron chi connectivity index (χ0n) is 6.60. The van der Waals surface area contributed by atoms with Crippen molar-refractivity contribution in [2.45, 2.75) is 4.90 Å². The van der Waals surface area contributed by atoms with Crippen LogP contribution in [0, 0.1) is 10.1 Å². The lowest BCUT2D eigenvalue weighted by Gasteiger charge is -2.01. The van der Waals surface area contributed by atoms with Gasteiger partial charge in [0.2, 0.25) is 0 Å². The third-order valence-electron chi connectivity index (χ3n) is 1.48. The molecule has 14 heavy (non-hydrogen) atoms. The molecule has 0 unspecified atom stereocenters. The molecule has 0 aliphatic rings. The quantitative estimate of drug-likeness (QED) is 0.466. The molecule has 0 heterocycles. The fourth-order valence-electron chi connectivity index (χ4n) is 0.887. The Morgan fingerprint density at radius 1 is 1.57 bits per heavy atom. The topological polar surface area (TPSA) is 80.4 Å². The zero-order valence-corrected chi connectivity index (χ0v) is 8.25. The number of nitro benzene ring substituents is 1. The minimum Gasteiger partial charge on any atom is -0.478 e. The molecule has 0 aromatic heterocycles. The van der Waals surface area contributed by atoms with Crippen molar-refractivity contribution < 1.29 is 14.8 Å². The third-order valence-corrected chi connectivity index (χ3v) is 2.17. The summed E-state index contributed by atoms with van der Waals surface area (Å²) in [6, 6.07) is 2.16. The maximum atomic E-state index is 10.6. The fourth-order valence-corrected chi connectivity index (χ4v) is 1.41. The maximum absolute atomic E-state index is 10.6. The Morgan fingerprint density at radius 2 is 2.14 bits per heavy atom. The summed E-state index contributed by atoms with van der Waals surface area (Å²) < 4.78 is 0. The number of benzene rings is 1. The highest BCUT2D eigenvalue weighted by Crippen LogP contribution is 2.30. The first-order chi connectivity index (χ1) is 6.43. The number of hydrogen-bond donors (Lipinski definition) is 2. The fraction of sp³-hybridized carbons (Fsp3) is 0. The van der Waals surface area contributed by atoms with Crippen molar-refractivity contribution in [3.63, 3.8) is 0 Å². The van der Waals surface area contributed by atoms with Gasteiger partial charge in [0.15, 0.2) is 0 Å². The van der Waals surface area contributed by atoms with E-state index >= 15 is 0 Å². The van der Waals surface area contributed by atoms with Crippen LogP contribution in [0.25, 0.3) is 0 Å². The number of aromatic carboxylic acids is 1. The van der Waals surface area contributed by atoms with Crippen molar-refractivity contribution in [1.29, 1.82) is 0 Å². The molecule has 1 aromatic carbocycles. The molecule has 5 nitrogen and oxygen atoms in total. The normalized spacial score (nSPS) is 9.86. The second-order valence-corrected chi connectivity index (χ2v) is 3.27. The standard InChI is InChI=1S/C7H4ClNO4S/c8-3-1-4(7(10)11)6(14)5(2-3)9(12)13/h1-2,14H,(H,10,11). The van der Waals surface area contributed by atoms with Gasteiger partial charge in [-0.2, -0.15) is 0 Å². The number of thiol groups is 1. The Morgan fingerprint density at radius 3 is 2.57 bits per heavy atom. The van der Waals surface area contributed by atoms with Gasteiger partial charge < -0.3 is 5.11 Å². The van der Waals surface area contributed by atoms with Crippen molar-refractivity contribution in [3.05, 3.63) is 32.8 Å². The van der Waals surface area contributed by atoms with Gasteiger partial charge >= 0.3 is 5.97 Å². The van der Waals surface area contributed by atoms with Crippen LogP contribution in [0.3, 0.4) is 0 Å². The number of nitrogens with zero attached hydrogens (tertiary/aromatic N) is 1. The van der Waals surface area contributed by atoms with Crippen molar-refractivity contribution in [2.24, 2.45) is 0 Å². The Bertz CT molecular complexity index is 385. The largest absolute Gasteiger partial charge is 0.478 e. The molecule has 0 aliphatic heterocycles. The average molecular weight is 234 g/mol. The molecule has 74 valence electrons. The van der Waals surface area contributed by atoms with Gasteiger partial charge in [-0.3, -0.25) is 10.1 Å². The number of carboxylic acid groups (broad SMARTS) is 1. The van der Waals surface area contributed by atoms with Gasteiger partial charge in [-0.25, -0.2) is 4.79 Å². The van der Waals surface area contributed by atoms with Crippen LogP contribution in [0.4, 0.5) is 5.69 Å². The van der Waals surface area contributed by atoms with Crippen molar-refractivity contribution in [3.8, 4) is 0 Å². The van der Waals surface area contributed by atoms with Crippen LogP contribution >= 0.6 is 24.2 Å². The van der Waals surface area contributed by atoms with Crippen LogP contribution in [0.15, 0.2) is 17.0 Å². The second-order valence-electron chi connectivity index (χ2n) is 2.38. The Balaban J connectivity index is 3.47. The van der Waals surface area contributed by atoms with Gasteiger partial charge in [-0.05, 0) is 6.07 Å². The van der Waals surface area contributed by atoms with E-state index in [2.05, 4.69) is 12.6 Å². The van der Waals surface area contributed by atoms with E-state index in [0.29, 0.717) is 0 Å². The molecule has 7 heteroatoms. The molecule has 0 bridgehead atoms. The SMILES string of the molecule is O=C(O)c1cc(Cl)cc([N+](=O)[O-])c1S. The Kier molecular flexibility index (Phi) is 2.97. The number of halogens is 1. The highest BCUT2D eigenvalue weighted by atomic mass is 35.5. The van der Waals surface area contributed by atoms with Gasteiger partial charge in [-0.1, -0.05) is 11.6 Å². The van der Waals surface area contributed by atoms with Crippen molar-refractivity contribution >= 4 is 35.9 Å². The molecule has 0 fully saturated rings. The zero-order chi connectivity index (χ0) is 10.9. The number of hydrogen-bond acceptors (Lipinski definition) is 4. The van der Waals surface area contributed by atoms with E-state index in [9.17, 15) is 14.9 Å². The van der Waals surface area contributed by atoms with Gasteiger partial charge in [-0.15, -0.1) is 12.6 Å². The van der Waals surface area contributed by atoms with Crippen LogP contribution in [0.1, 0.15) is 10.4 Å². The smallest absolute Gasteiger partial charge is 0.337 e. The lowest BCUT2D eigenvalue weighted by atomic mass is 10.2. The molecule has 0 amide bonds. The van der Waals surface area contributed by atoms with Crippen LogP contribution in [-0.4, -0.2) is 16.0 Å². The monoisotopic (exact) mass is 233 g/mol. The number of carbonyl (C=O) groups is 1. The first kappa shape index (κ1) is 10.8. The molecule has 0 saturated carbocycles. The summed E-state index contributed by atoms with van der Waals surface area (Å²) in [7, 11) is 0. The molecule has 0 atom stereocenters. The summed E-state index contributed by atoms with van der Waals surface area (Å²) in [4.78, 5) is 20.1. The molecular formula is C7H4ClNO4S. The first-order valence-electron chi connectivity index (χ1n) is 3.33. The highest BCUT2D eigenvalue weighted by Gasteiger charge is 2.20. The van der Waals surface area contributed by atoms with E-state index in [-0.39, 0.29) is 15.5 Å². The number of rotatable bonds is 2. The van der Waals surface area contributed by atoms with Crippen LogP contribution in [0.5, 0.6) is 0 Å². The summed E-state index contributed by atoms with van der Waals surface area (Å²) in [6.45, 7) is 0. The summed E-state index contributed by atoms with van der Waals surface area (Å²) >= 11 is 9.26. The van der Waals surface area contributed by atoms with Gasteiger partial charge in [0.05, 0.1) is 15.4 Å². The first-order valence-corrected chi connectivity index (χ1v) is 4.16. The Labute approximate surface area is 88.9 Å². The summed E-state index contributed by atoms with van der Waals surface area (Å²) in [5.74, 6) is -1.30. The lowest BCUT2D eigenvalue weighted by Crippen LogP contribution is -2.01. The van der Waals surface area contributed by atoms with E-state index in [1.54, 1.807) is 0 Å². The number of nitro groups is 1. The minimum absolute atomic E-state index is 0.00750. The molecule has 1 N–H and O–H groups in total. The predicted molar refractivity (Wildman–Crippen MR) is 52.3 cm³/mol. The third kappa shape index (κ3) is 1.97. The second kappa shape index (κ2) is 3.85. The van der Waals surface area contributed by atoms with Gasteiger partial charge in [0, 0.05) is 11.1 Å². The van der Waals surface area contributed by atoms with Crippen LogP contribution in [0.2, 0.25) is 5.02 Å². The predicted octanol–water partition coefficient (Wildman–Crippen LogP) is 2.24.